The number of phenolic OH excluding ortho intramolecular Hbond substituents is 2. The van der Waals surface area contributed by atoms with Gasteiger partial charge in [0, 0.05) is 24.6 Å². The molecule has 0 aromatic heterocycles. The average molecular weight is 449 g/mol. The number of anilines is 1. The summed E-state index contributed by atoms with van der Waals surface area (Å²) in [5.74, 6) is -0.297. The third-order valence-corrected chi connectivity index (χ3v) is 6.20. The number of rotatable bonds is 4. The Bertz CT molecular complexity index is 1040. The van der Waals surface area contributed by atoms with Crippen molar-refractivity contribution in [2.45, 2.75) is 12.8 Å². The zero-order valence-corrected chi connectivity index (χ0v) is 17.4. The predicted molar refractivity (Wildman–Crippen MR) is 118 cm³/mol. The van der Waals surface area contributed by atoms with E-state index in [0.717, 1.165) is 12.8 Å². The van der Waals surface area contributed by atoms with E-state index in [1.54, 1.807) is 23.1 Å². The monoisotopic (exact) mass is 448 g/mol. The minimum Gasteiger partial charge on any atom is -0.504 e. The second kappa shape index (κ2) is 8.17. The van der Waals surface area contributed by atoms with Crippen LogP contribution in [0, 0.1) is 5.92 Å². The van der Waals surface area contributed by atoms with Crippen LogP contribution >= 0.6 is 11.0 Å². The molecule has 7 N–H and O–H groups in total. The SMILES string of the molecule is NC1=NS(O)(O)Nc2cccc(OC[C@H]3CCCN(C(=O)c4ccc(O)c(O)c4)C3)c21. The van der Waals surface area contributed by atoms with E-state index in [0.29, 0.717) is 42.3 Å². The van der Waals surface area contributed by atoms with E-state index in [9.17, 15) is 24.1 Å². The molecule has 0 radical (unpaired) electrons. The molecule has 1 fully saturated rings. The minimum atomic E-state index is -3.37. The molecule has 0 saturated carbocycles. The number of carbonyl (C=O) groups is 1. The maximum absolute atomic E-state index is 12.8. The average Bonchev–Trinajstić information content (AvgIpc) is 2.72. The van der Waals surface area contributed by atoms with E-state index in [1.165, 1.54) is 18.2 Å². The van der Waals surface area contributed by atoms with Crippen molar-refractivity contribution in [1.82, 2.24) is 4.90 Å². The molecule has 0 spiro atoms. The highest BCUT2D eigenvalue weighted by molar-refractivity contribution is 8.24. The standard InChI is InChI=1S/C20H24N4O6S/c21-19-18-14(22-31(28,29)23-19)4-1-5-17(18)30-11-12-3-2-8-24(10-12)20(27)13-6-7-15(25)16(26)9-13/h1,4-7,9,12,22,25-26,28-29H,2-3,8,10-11H2,(H2,21,23)/t12-/m0/s1. The number of phenols is 2. The van der Waals surface area contributed by atoms with Gasteiger partial charge in [-0.25, -0.2) is 0 Å². The zero-order chi connectivity index (χ0) is 22.2. The maximum Gasteiger partial charge on any atom is 0.254 e. The number of likely N-dealkylation sites (tertiary alicyclic amines) is 1. The highest BCUT2D eigenvalue weighted by Gasteiger charge is 2.28. The third-order valence-electron chi connectivity index (χ3n) is 5.26. The highest BCUT2D eigenvalue weighted by Crippen LogP contribution is 2.46. The number of benzene rings is 2. The van der Waals surface area contributed by atoms with Crippen LogP contribution in [0.4, 0.5) is 5.69 Å². The van der Waals surface area contributed by atoms with Gasteiger partial charge in [0.2, 0.25) is 0 Å². The summed E-state index contributed by atoms with van der Waals surface area (Å²) >= 11 is 0. The number of nitrogens with zero attached hydrogens (tertiary/aromatic N) is 2. The molecular formula is C20H24N4O6S. The van der Waals surface area contributed by atoms with Gasteiger partial charge in [-0.15, -0.1) is 4.40 Å². The third kappa shape index (κ3) is 4.48. The van der Waals surface area contributed by atoms with Gasteiger partial charge in [0.05, 0.1) is 17.9 Å². The summed E-state index contributed by atoms with van der Waals surface area (Å²) in [6.07, 6.45) is 1.69. The fourth-order valence-corrected chi connectivity index (χ4v) is 4.66. The number of hydrogen-bond donors (Lipinski definition) is 6. The Morgan fingerprint density at radius 2 is 2.06 bits per heavy atom. The van der Waals surface area contributed by atoms with Crippen molar-refractivity contribution in [1.29, 1.82) is 0 Å². The number of carbonyl (C=O) groups excluding carboxylic acids is 1. The first kappa shape index (κ1) is 21.1. The number of amidine groups is 1. The van der Waals surface area contributed by atoms with Crippen LogP contribution in [-0.4, -0.2) is 55.7 Å². The zero-order valence-electron chi connectivity index (χ0n) is 16.6. The second-order valence-electron chi connectivity index (χ2n) is 7.55. The van der Waals surface area contributed by atoms with E-state index in [4.69, 9.17) is 10.5 Å². The largest absolute Gasteiger partial charge is 0.504 e. The van der Waals surface area contributed by atoms with Crippen LogP contribution in [0.2, 0.25) is 0 Å². The Kier molecular flexibility index (Phi) is 5.56. The van der Waals surface area contributed by atoms with E-state index in [1.807, 2.05) is 0 Å². The Morgan fingerprint density at radius 1 is 1.26 bits per heavy atom. The van der Waals surface area contributed by atoms with Gasteiger partial charge < -0.3 is 25.6 Å². The molecule has 0 unspecified atom stereocenters. The van der Waals surface area contributed by atoms with E-state index < -0.39 is 11.0 Å². The number of aromatic hydroxyl groups is 2. The van der Waals surface area contributed by atoms with Crippen molar-refractivity contribution in [3.63, 3.8) is 0 Å². The van der Waals surface area contributed by atoms with Crippen LogP contribution in [0.15, 0.2) is 40.8 Å². The molecule has 0 aliphatic carbocycles. The van der Waals surface area contributed by atoms with Gasteiger partial charge in [-0.2, -0.15) is 0 Å². The number of nitrogens with two attached hydrogens (primary N) is 1. The Morgan fingerprint density at radius 3 is 2.84 bits per heavy atom. The van der Waals surface area contributed by atoms with E-state index in [2.05, 4.69) is 9.12 Å². The number of hydrogen-bond acceptors (Lipinski definition) is 9. The lowest BCUT2D eigenvalue weighted by atomic mass is 9.98. The van der Waals surface area contributed by atoms with Crippen LogP contribution in [0.3, 0.4) is 0 Å². The molecule has 2 aliphatic rings. The molecule has 2 heterocycles. The summed E-state index contributed by atoms with van der Waals surface area (Å²) in [6, 6.07) is 9.13. The molecule has 166 valence electrons. The topological polar surface area (TPSA) is 161 Å². The summed E-state index contributed by atoms with van der Waals surface area (Å²) in [7, 11) is -3.37. The van der Waals surface area contributed by atoms with Crippen molar-refractivity contribution < 1.29 is 28.8 Å². The quantitative estimate of drug-likeness (QED) is 0.389. The molecular weight excluding hydrogens is 424 g/mol. The number of nitrogens with one attached hydrogen (secondary N) is 1. The molecule has 10 nitrogen and oxygen atoms in total. The first-order valence-corrected chi connectivity index (χ1v) is 11.2. The Balaban J connectivity index is 1.43. The highest BCUT2D eigenvalue weighted by atomic mass is 32.3. The molecule has 1 atom stereocenters. The predicted octanol–water partition coefficient (Wildman–Crippen LogP) is 2.74. The van der Waals surface area contributed by atoms with Crippen molar-refractivity contribution in [2.75, 3.05) is 24.4 Å². The van der Waals surface area contributed by atoms with Gasteiger partial charge in [-0.1, -0.05) is 6.07 Å². The molecule has 4 rings (SSSR count). The number of piperidine rings is 1. The summed E-state index contributed by atoms with van der Waals surface area (Å²) in [6.45, 7) is 1.42. The molecule has 1 amide bonds. The molecule has 2 aliphatic heterocycles. The van der Waals surface area contributed by atoms with Gasteiger partial charge in [-0.3, -0.25) is 18.6 Å². The molecule has 0 bridgehead atoms. The molecule has 11 heteroatoms. The summed E-state index contributed by atoms with van der Waals surface area (Å²) in [4.78, 5) is 14.5. The lowest BCUT2D eigenvalue weighted by molar-refractivity contribution is 0.0633. The van der Waals surface area contributed by atoms with Crippen molar-refractivity contribution in [3.05, 3.63) is 47.5 Å². The molecule has 31 heavy (non-hydrogen) atoms. The first-order valence-electron chi connectivity index (χ1n) is 9.72. The van der Waals surface area contributed by atoms with Crippen LogP contribution in [0.25, 0.3) is 0 Å². The van der Waals surface area contributed by atoms with Gasteiger partial charge >= 0.3 is 0 Å². The van der Waals surface area contributed by atoms with Gasteiger partial charge in [0.15, 0.2) is 17.3 Å². The summed E-state index contributed by atoms with van der Waals surface area (Å²) in [5.41, 5.74) is 7.13. The normalized spacial score (nSPS) is 20.8. The van der Waals surface area contributed by atoms with Crippen LogP contribution in [0.5, 0.6) is 17.2 Å². The van der Waals surface area contributed by atoms with Crippen LogP contribution in [0.1, 0.15) is 28.8 Å². The number of amides is 1. The maximum atomic E-state index is 12.8. The molecule has 2 aromatic rings. The van der Waals surface area contributed by atoms with E-state index in [-0.39, 0.29) is 29.2 Å². The van der Waals surface area contributed by atoms with Gasteiger partial charge in [0.1, 0.15) is 5.75 Å². The van der Waals surface area contributed by atoms with Gasteiger partial charge in [0.25, 0.3) is 5.91 Å². The first-order chi connectivity index (χ1) is 14.7. The Hall–Kier alpha value is -3.15. The lowest BCUT2D eigenvalue weighted by Gasteiger charge is -2.34. The van der Waals surface area contributed by atoms with Crippen LogP contribution in [-0.2, 0) is 0 Å². The van der Waals surface area contributed by atoms with E-state index >= 15 is 0 Å². The number of ether oxygens (including phenoxy) is 1. The lowest BCUT2D eigenvalue weighted by Crippen LogP contribution is -2.41. The van der Waals surface area contributed by atoms with Crippen molar-refractivity contribution >= 4 is 28.4 Å². The fraction of sp³-hybridized carbons (Fsp3) is 0.300. The second-order valence-corrected chi connectivity index (χ2v) is 8.97. The summed E-state index contributed by atoms with van der Waals surface area (Å²) in [5, 5.41) is 19.1. The van der Waals surface area contributed by atoms with Gasteiger partial charge in [-0.05, 0) is 54.1 Å². The van der Waals surface area contributed by atoms with Crippen molar-refractivity contribution in [3.8, 4) is 17.2 Å². The van der Waals surface area contributed by atoms with Crippen LogP contribution < -0.4 is 15.2 Å². The summed E-state index contributed by atoms with van der Waals surface area (Å²) < 4.78 is 31.8. The van der Waals surface area contributed by atoms with Crippen molar-refractivity contribution in [2.24, 2.45) is 16.0 Å². The molecule has 1 saturated heterocycles. The minimum absolute atomic E-state index is 0.0167. The smallest absolute Gasteiger partial charge is 0.254 e. The fourth-order valence-electron chi connectivity index (χ4n) is 3.79. The Labute approximate surface area is 180 Å². The number of fused-ring (bicyclic) bond motifs is 1. The molecule has 2 aromatic carbocycles.